The van der Waals surface area contributed by atoms with Crippen LogP contribution in [-0.4, -0.2) is 27.8 Å². The number of hydrogen-bond acceptors (Lipinski definition) is 5. The summed E-state index contributed by atoms with van der Waals surface area (Å²) in [7, 11) is 0. The fraction of sp³-hybridized carbons (Fsp3) is 0.500. The summed E-state index contributed by atoms with van der Waals surface area (Å²) >= 11 is 0. The SMILES string of the molecule is Cc1ncccc1-c1nnc(CCCNC(C)C)o1. The van der Waals surface area contributed by atoms with Crippen molar-refractivity contribution in [2.24, 2.45) is 0 Å². The van der Waals surface area contributed by atoms with Gasteiger partial charge in [-0.3, -0.25) is 4.98 Å². The predicted octanol–water partition coefficient (Wildman–Crippen LogP) is 2.37. The third kappa shape index (κ3) is 3.86. The van der Waals surface area contributed by atoms with Crippen LogP contribution < -0.4 is 5.32 Å². The fourth-order valence-corrected chi connectivity index (χ4v) is 1.80. The largest absolute Gasteiger partial charge is 0.421 e. The number of hydrogen-bond donors (Lipinski definition) is 1. The molecule has 2 heterocycles. The second-order valence-corrected chi connectivity index (χ2v) is 4.85. The zero-order valence-corrected chi connectivity index (χ0v) is 11.7. The van der Waals surface area contributed by atoms with Crippen LogP contribution in [0.3, 0.4) is 0 Å². The molecular weight excluding hydrogens is 240 g/mol. The van der Waals surface area contributed by atoms with Gasteiger partial charge >= 0.3 is 0 Å². The molecule has 0 aromatic carbocycles. The average Bonchev–Trinajstić information content (AvgIpc) is 2.83. The van der Waals surface area contributed by atoms with Crippen molar-refractivity contribution in [2.45, 2.75) is 39.7 Å². The van der Waals surface area contributed by atoms with E-state index in [0.29, 0.717) is 17.8 Å². The van der Waals surface area contributed by atoms with Crippen molar-refractivity contribution in [3.63, 3.8) is 0 Å². The lowest BCUT2D eigenvalue weighted by atomic mass is 10.2. The lowest BCUT2D eigenvalue weighted by Gasteiger charge is -2.05. The second kappa shape index (κ2) is 6.43. The van der Waals surface area contributed by atoms with Crippen LogP contribution in [0.2, 0.25) is 0 Å². The van der Waals surface area contributed by atoms with Crippen molar-refractivity contribution >= 4 is 0 Å². The molecule has 0 saturated heterocycles. The molecule has 5 nitrogen and oxygen atoms in total. The third-order valence-corrected chi connectivity index (χ3v) is 2.82. The van der Waals surface area contributed by atoms with Crippen molar-refractivity contribution in [3.8, 4) is 11.5 Å². The lowest BCUT2D eigenvalue weighted by Crippen LogP contribution is -2.23. The predicted molar refractivity (Wildman–Crippen MR) is 73.7 cm³/mol. The van der Waals surface area contributed by atoms with Gasteiger partial charge in [-0.1, -0.05) is 13.8 Å². The molecule has 0 bridgehead atoms. The molecule has 0 atom stereocenters. The van der Waals surface area contributed by atoms with E-state index >= 15 is 0 Å². The highest BCUT2D eigenvalue weighted by Gasteiger charge is 2.10. The summed E-state index contributed by atoms with van der Waals surface area (Å²) in [6.45, 7) is 7.17. The van der Waals surface area contributed by atoms with Crippen molar-refractivity contribution in [1.82, 2.24) is 20.5 Å². The molecule has 0 aliphatic rings. The van der Waals surface area contributed by atoms with Gasteiger partial charge in [0.15, 0.2) is 0 Å². The number of pyridine rings is 1. The molecule has 0 radical (unpaired) electrons. The first-order valence-corrected chi connectivity index (χ1v) is 6.64. The van der Waals surface area contributed by atoms with Gasteiger partial charge in [0.1, 0.15) is 0 Å². The summed E-state index contributed by atoms with van der Waals surface area (Å²) in [6, 6.07) is 4.33. The van der Waals surface area contributed by atoms with Crippen LogP contribution in [0.25, 0.3) is 11.5 Å². The second-order valence-electron chi connectivity index (χ2n) is 4.85. The Morgan fingerprint density at radius 1 is 1.32 bits per heavy atom. The van der Waals surface area contributed by atoms with Crippen LogP contribution >= 0.6 is 0 Å². The number of aryl methyl sites for hydroxylation is 2. The monoisotopic (exact) mass is 260 g/mol. The Bertz CT molecular complexity index is 522. The molecule has 1 N–H and O–H groups in total. The summed E-state index contributed by atoms with van der Waals surface area (Å²) < 4.78 is 5.67. The molecular formula is C14H20N4O. The number of aromatic nitrogens is 3. The fourth-order valence-electron chi connectivity index (χ4n) is 1.80. The minimum absolute atomic E-state index is 0.510. The van der Waals surface area contributed by atoms with E-state index in [-0.39, 0.29) is 0 Å². The van der Waals surface area contributed by atoms with Gasteiger partial charge in [-0.2, -0.15) is 0 Å². The molecule has 0 aliphatic heterocycles. The Morgan fingerprint density at radius 2 is 2.16 bits per heavy atom. The van der Waals surface area contributed by atoms with E-state index in [9.17, 15) is 0 Å². The zero-order valence-electron chi connectivity index (χ0n) is 11.7. The molecule has 0 unspecified atom stereocenters. The summed E-state index contributed by atoms with van der Waals surface area (Å²) in [5.41, 5.74) is 1.81. The van der Waals surface area contributed by atoms with Gasteiger partial charge < -0.3 is 9.73 Å². The first-order chi connectivity index (χ1) is 9.16. The van der Waals surface area contributed by atoms with Crippen LogP contribution in [0.4, 0.5) is 0 Å². The van der Waals surface area contributed by atoms with Crippen molar-refractivity contribution < 1.29 is 4.42 Å². The zero-order chi connectivity index (χ0) is 13.7. The maximum Gasteiger partial charge on any atom is 0.249 e. The van der Waals surface area contributed by atoms with Gasteiger partial charge in [0, 0.05) is 24.4 Å². The van der Waals surface area contributed by atoms with E-state index in [0.717, 1.165) is 30.6 Å². The molecule has 2 aromatic rings. The standard InChI is InChI=1S/C14H20N4O/c1-10(2)15-8-5-7-13-17-18-14(19-13)12-6-4-9-16-11(12)3/h4,6,9-10,15H,5,7-8H2,1-3H3. The first kappa shape index (κ1) is 13.7. The maximum atomic E-state index is 5.67. The Balaban J connectivity index is 1.94. The molecule has 102 valence electrons. The van der Waals surface area contributed by atoms with Gasteiger partial charge in [0.25, 0.3) is 0 Å². The van der Waals surface area contributed by atoms with Gasteiger partial charge in [-0.15, -0.1) is 10.2 Å². The normalized spacial score (nSPS) is 11.2. The molecule has 0 aliphatic carbocycles. The summed E-state index contributed by atoms with van der Waals surface area (Å²) in [5.74, 6) is 1.24. The summed E-state index contributed by atoms with van der Waals surface area (Å²) in [6.07, 6.45) is 3.55. The lowest BCUT2D eigenvalue weighted by molar-refractivity contribution is 0.483. The van der Waals surface area contributed by atoms with Gasteiger partial charge in [0.05, 0.1) is 5.56 Å². The maximum absolute atomic E-state index is 5.67. The van der Waals surface area contributed by atoms with E-state index in [2.05, 4.69) is 34.3 Å². The average molecular weight is 260 g/mol. The third-order valence-electron chi connectivity index (χ3n) is 2.82. The Kier molecular flexibility index (Phi) is 4.63. The van der Waals surface area contributed by atoms with Gasteiger partial charge in [0.2, 0.25) is 11.8 Å². The van der Waals surface area contributed by atoms with Crippen LogP contribution in [0.15, 0.2) is 22.7 Å². The Morgan fingerprint density at radius 3 is 2.89 bits per heavy atom. The molecule has 0 spiro atoms. The minimum Gasteiger partial charge on any atom is -0.421 e. The van der Waals surface area contributed by atoms with Crippen LogP contribution in [0.5, 0.6) is 0 Å². The number of rotatable bonds is 6. The number of nitrogens with zero attached hydrogens (tertiary/aromatic N) is 3. The minimum atomic E-state index is 0.510. The van der Waals surface area contributed by atoms with Gasteiger partial charge in [-0.05, 0) is 32.0 Å². The highest BCUT2D eigenvalue weighted by Crippen LogP contribution is 2.20. The van der Waals surface area contributed by atoms with E-state index < -0.39 is 0 Å². The van der Waals surface area contributed by atoms with Crippen molar-refractivity contribution in [3.05, 3.63) is 29.9 Å². The van der Waals surface area contributed by atoms with E-state index in [1.54, 1.807) is 6.20 Å². The molecule has 0 amide bonds. The quantitative estimate of drug-likeness (QED) is 0.808. The van der Waals surface area contributed by atoms with Crippen LogP contribution in [0, 0.1) is 6.92 Å². The van der Waals surface area contributed by atoms with Gasteiger partial charge in [-0.25, -0.2) is 0 Å². The highest BCUT2D eigenvalue weighted by atomic mass is 16.4. The molecule has 2 aromatic heterocycles. The topological polar surface area (TPSA) is 63.8 Å². The first-order valence-electron chi connectivity index (χ1n) is 6.64. The van der Waals surface area contributed by atoms with Crippen molar-refractivity contribution in [1.29, 1.82) is 0 Å². The summed E-state index contributed by atoms with van der Waals surface area (Å²) in [5, 5.41) is 11.5. The molecule has 0 fully saturated rings. The molecule has 5 heteroatoms. The Hall–Kier alpha value is -1.75. The highest BCUT2D eigenvalue weighted by molar-refractivity contribution is 5.54. The van der Waals surface area contributed by atoms with E-state index in [1.807, 2.05) is 19.1 Å². The van der Waals surface area contributed by atoms with Crippen LogP contribution in [0.1, 0.15) is 31.9 Å². The molecule has 0 saturated carbocycles. The van der Waals surface area contributed by atoms with E-state index in [1.165, 1.54) is 0 Å². The number of nitrogens with one attached hydrogen (secondary N) is 1. The molecule has 19 heavy (non-hydrogen) atoms. The smallest absolute Gasteiger partial charge is 0.249 e. The van der Waals surface area contributed by atoms with E-state index in [4.69, 9.17) is 4.42 Å². The summed E-state index contributed by atoms with van der Waals surface area (Å²) in [4.78, 5) is 4.22. The molecule has 2 rings (SSSR count). The van der Waals surface area contributed by atoms with Crippen LogP contribution in [-0.2, 0) is 6.42 Å². The van der Waals surface area contributed by atoms with Crippen molar-refractivity contribution in [2.75, 3.05) is 6.54 Å². The Labute approximate surface area is 113 Å².